The molecule has 2 saturated heterocycles. The average molecular weight is 369 g/mol. The summed E-state index contributed by atoms with van der Waals surface area (Å²) in [5.74, 6) is 1.15. The summed E-state index contributed by atoms with van der Waals surface area (Å²) in [6.07, 6.45) is 7.08. The Morgan fingerprint density at radius 1 is 1.22 bits per heavy atom. The molecule has 0 N–H and O–H groups in total. The standard InChI is InChI=1S/C19H23N5O3/c25-17(14-24-10-11-27-19(24)26)22-8-3-4-15(12-22)18-21-7-9-23(18)13-16-5-1-2-6-20-16/h1-2,5-7,9,15H,3-4,8,10-14H2/t15-/m0/s1. The monoisotopic (exact) mass is 369 g/mol. The lowest BCUT2D eigenvalue weighted by atomic mass is 9.97. The highest BCUT2D eigenvalue weighted by molar-refractivity contribution is 5.83. The number of ether oxygens (including phenoxy) is 1. The molecule has 8 nitrogen and oxygen atoms in total. The highest BCUT2D eigenvalue weighted by Crippen LogP contribution is 2.26. The van der Waals surface area contributed by atoms with Crippen LogP contribution in [-0.4, -0.2) is 69.1 Å². The van der Waals surface area contributed by atoms with Gasteiger partial charge in [0.1, 0.15) is 19.0 Å². The number of carbonyl (C=O) groups is 2. The molecule has 0 spiro atoms. The van der Waals surface area contributed by atoms with Crippen LogP contribution in [0.25, 0.3) is 0 Å². The molecule has 0 aromatic carbocycles. The molecule has 0 bridgehead atoms. The van der Waals surface area contributed by atoms with Crippen molar-refractivity contribution in [3.63, 3.8) is 0 Å². The molecule has 0 aliphatic carbocycles. The summed E-state index contributed by atoms with van der Waals surface area (Å²) < 4.78 is 7.01. The zero-order valence-corrected chi connectivity index (χ0v) is 15.2. The number of imidazole rings is 1. The van der Waals surface area contributed by atoms with Crippen molar-refractivity contribution in [2.24, 2.45) is 0 Å². The van der Waals surface area contributed by atoms with Crippen LogP contribution in [0.3, 0.4) is 0 Å². The van der Waals surface area contributed by atoms with Crippen LogP contribution in [0.1, 0.15) is 30.3 Å². The fourth-order valence-corrected chi connectivity index (χ4v) is 3.73. The van der Waals surface area contributed by atoms with Gasteiger partial charge in [-0.2, -0.15) is 0 Å². The van der Waals surface area contributed by atoms with Crippen LogP contribution in [0.4, 0.5) is 4.79 Å². The maximum absolute atomic E-state index is 12.6. The topological polar surface area (TPSA) is 80.6 Å². The zero-order valence-electron chi connectivity index (χ0n) is 15.2. The normalized spacial score (nSPS) is 20.0. The van der Waals surface area contributed by atoms with Crippen LogP contribution in [0.2, 0.25) is 0 Å². The molecule has 2 amide bonds. The molecule has 2 aliphatic heterocycles. The van der Waals surface area contributed by atoms with Crippen LogP contribution in [0, 0.1) is 0 Å². The number of amides is 2. The van der Waals surface area contributed by atoms with Crippen molar-refractivity contribution in [2.75, 3.05) is 32.8 Å². The quantitative estimate of drug-likeness (QED) is 0.798. The second-order valence-corrected chi connectivity index (χ2v) is 6.95. The van der Waals surface area contributed by atoms with Gasteiger partial charge >= 0.3 is 6.09 Å². The SMILES string of the molecule is O=C(CN1CCOC1=O)N1CCC[C@H](c2nccn2Cc2ccccn2)C1. The molecule has 4 rings (SSSR count). The Labute approximate surface area is 157 Å². The van der Waals surface area contributed by atoms with E-state index in [-0.39, 0.29) is 18.4 Å². The number of pyridine rings is 1. The molecular weight excluding hydrogens is 346 g/mol. The molecule has 1 atom stereocenters. The van der Waals surface area contributed by atoms with E-state index in [2.05, 4.69) is 14.5 Å². The summed E-state index contributed by atoms with van der Waals surface area (Å²) in [4.78, 5) is 36.5. The fourth-order valence-electron chi connectivity index (χ4n) is 3.73. The van der Waals surface area contributed by atoms with E-state index in [0.29, 0.717) is 26.2 Å². The van der Waals surface area contributed by atoms with E-state index in [9.17, 15) is 9.59 Å². The third kappa shape index (κ3) is 3.94. The van der Waals surface area contributed by atoms with Gasteiger partial charge in [-0.25, -0.2) is 9.78 Å². The van der Waals surface area contributed by atoms with Gasteiger partial charge in [0, 0.05) is 37.6 Å². The van der Waals surface area contributed by atoms with Gasteiger partial charge in [0.05, 0.1) is 18.8 Å². The van der Waals surface area contributed by atoms with E-state index in [1.165, 1.54) is 4.90 Å². The Kier molecular flexibility index (Phi) is 5.04. The lowest BCUT2D eigenvalue weighted by molar-refractivity contribution is -0.133. The molecule has 2 aliphatic rings. The van der Waals surface area contributed by atoms with E-state index in [0.717, 1.165) is 30.9 Å². The number of hydrogen-bond donors (Lipinski definition) is 0. The molecule has 0 unspecified atom stereocenters. The van der Waals surface area contributed by atoms with Crippen molar-refractivity contribution in [3.05, 3.63) is 48.3 Å². The van der Waals surface area contributed by atoms with Gasteiger partial charge in [0.15, 0.2) is 0 Å². The van der Waals surface area contributed by atoms with Gasteiger partial charge < -0.3 is 14.2 Å². The molecule has 8 heteroatoms. The number of carbonyl (C=O) groups excluding carboxylic acids is 2. The minimum Gasteiger partial charge on any atom is -0.448 e. The Morgan fingerprint density at radius 2 is 2.15 bits per heavy atom. The van der Waals surface area contributed by atoms with E-state index < -0.39 is 6.09 Å². The van der Waals surface area contributed by atoms with Crippen molar-refractivity contribution in [2.45, 2.75) is 25.3 Å². The predicted octanol–water partition coefficient (Wildman–Crippen LogP) is 1.48. The average Bonchev–Trinajstić information content (AvgIpc) is 3.32. The molecule has 2 aromatic rings. The van der Waals surface area contributed by atoms with E-state index in [1.807, 2.05) is 29.3 Å². The third-order valence-corrected chi connectivity index (χ3v) is 5.12. The maximum Gasteiger partial charge on any atom is 0.410 e. The van der Waals surface area contributed by atoms with E-state index in [4.69, 9.17) is 4.74 Å². The Bertz CT molecular complexity index is 807. The second kappa shape index (κ2) is 7.77. The fraction of sp³-hybridized carbons (Fsp3) is 0.474. The molecular formula is C19H23N5O3. The first-order valence-electron chi connectivity index (χ1n) is 9.31. The number of nitrogens with zero attached hydrogens (tertiary/aromatic N) is 5. The summed E-state index contributed by atoms with van der Waals surface area (Å²) in [5.41, 5.74) is 0.980. The van der Waals surface area contributed by atoms with E-state index >= 15 is 0 Å². The van der Waals surface area contributed by atoms with Crippen LogP contribution < -0.4 is 0 Å². The van der Waals surface area contributed by atoms with Crippen LogP contribution in [0.15, 0.2) is 36.8 Å². The van der Waals surface area contributed by atoms with Gasteiger partial charge in [-0.05, 0) is 25.0 Å². The first kappa shape index (κ1) is 17.5. The smallest absolute Gasteiger partial charge is 0.410 e. The van der Waals surface area contributed by atoms with Crippen molar-refractivity contribution in [1.82, 2.24) is 24.3 Å². The molecule has 0 saturated carbocycles. The number of rotatable bonds is 5. The largest absolute Gasteiger partial charge is 0.448 e. The summed E-state index contributed by atoms with van der Waals surface area (Å²) in [7, 11) is 0. The van der Waals surface area contributed by atoms with Gasteiger partial charge in [0.25, 0.3) is 0 Å². The number of piperidine rings is 1. The highest BCUT2D eigenvalue weighted by atomic mass is 16.6. The lowest BCUT2D eigenvalue weighted by Crippen LogP contribution is -2.45. The minimum absolute atomic E-state index is 0.0265. The number of hydrogen-bond acceptors (Lipinski definition) is 5. The van der Waals surface area contributed by atoms with Crippen molar-refractivity contribution < 1.29 is 14.3 Å². The third-order valence-electron chi connectivity index (χ3n) is 5.12. The van der Waals surface area contributed by atoms with Gasteiger partial charge in [-0.1, -0.05) is 6.07 Å². The zero-order chi connectivity index (χ0) is 18.6. The van der Waals surface area contributed by atoms with Gasteiger partial charge in [-0.3, -0.25) is 14.7 Å². The Hall–Kier alpha value is -2.90. The van der Waals surface area contributed by atoms with Crippen LogP contribution in [0.5, 0.6) is 0 Å². The summed E-state index contributed by atoms with van der Waals surface area (Å²) in [6.45, 7) is 2.95. The van der Waals surface area contributed by atoms with Crippen molar-refractivity contribution in [3.8, 4) is 0 Å². The first-order valence-corrected chi connectivity index (χ1v) is 9.31. The van der Waals surface area contributed by atoms with E-state index in [1.54, 1.807) is 12.4 Å². The van der Waals surface area contributed by atoms with Crippen LogP contribution >= 0.6 is 0 Å². The molecule has 0 radical (unpaired) electrons. The lowest BCUT2D eigenvalue weighted by Gasteiger charge is -2.33. The highest BCUT2D eigenvalue weighted by Gasteiger charge is 2.30. The molecule has 4 heterocycles. The molecule has 142 valence electrons. The summed E-state index contributed by atoms with van der Waals surface area (Å²) in [6, 6.07) is 5.87. The van der Waals surface area contributed by atoms with Crippen molar-refractivity contribution >= 4 is 12.0 Å². The number of cyclic esters (lactones) is 1. The maximum atomic E-state index is 12.6. The molecule has 2 fully saturated rings. The summed E-state index contributed by atoms with van der Waals surface area (Å²) in [5, 5.41) is 0. The number of likely N-dealkylation sites (tertiary alicyclic amines) is 1. The molecule has 2 aromatic heterocycles. The first-order chi connectivity index (χ1) is 13.2. The Balaban J connectivity index is 1.42. The van der Waals surface area contributed by atoms with Gasteiger partial charge in [0.2, 0.25) is 5.91 Å². The Morgan fingerprint density at radius 3 is 2.93 bits per heavy atom. The minimum atomic E-state index is -0.400. The molecule has 27 heavy (non-hydrogen) atoms. The number of aromatic nitrogens is 3. The predicted molar refractivity (Wildman–Crippen MR) is 97.0 cm³/mol. The van der Waals surface area contributed by atoms with Crippen LogP contribution in [-0.2, 0) is 16.1 Å². The second-order valence-electron chi connectivity index (χ2n) is 6.95. The summed E-state index contributed by atoms with van der Waals surface area (Å²) >= 11 is 0. The van der Waals surface area contributed by atoms with Crippen molar-refractivity contribution in [1.29, 1.82) is 0 Å². The van der Waals surface area contributed by atoms with Gasteiger partial charge in [-0.15, -0.1) is 0 Å².